The Morgan fingerprint density at radius 1 is 0.911 bits per heavy atom. The Hall–Kier alpha value is -3.51. The fourth-order valence-corrected chi connectivity index (χ4v) is 4.34. The second-order valence-electron chi connectivity index (χ2n) is 13.2. The van der Waals surface area contributed by atoms with Crippen LogP contribution in [0.2, 0.25) is 0 Å². The first-order valence-corrected chi connectivity index (χ1v) is 15.4. The lowest BCUT2D eigenvalue weighted by Gasteiger charge is -2.39. The molecule has 5 atom stereocenters. The van der Waals surface area contributed by atoms with E-state index >= 15 is 0 Å². The minimum absolute atomic E-state index is 0.0363. The van der Waals surface area contributed by atoms with E-state index in [1.807, 2.05) is 6.07 Å². The molecule has 0 saturated heterocycles. The zero-order valence-corrected chi connectivity index (χ0v) is 28.2. The molecule has 1 unspecified atom stereocenters. The van der Waals surface area contributed by atoms with Crippen molar-refractivity contribution in [1.29, 1.82) is 0 Å². The summed E-state index contributed by atoms with van der Waals surface area (Å²) < 4.78 is 18.2. The first-order valence-electron chi connectivity index (χ1n) is 16.1. The highest BCUT2D eigenvalue weighted by atomic mass is 16.6. The average Bonchev–Trinajstić information content (AvgIpc) is 2.96. The number of alkyl carbamates (subject to hydrolysis) is 1. The molecule has 1 aromatic carbocycles. The summed E-state index contributed by atoms with van der Waals surface area (Å²) in [6, 6.07) is 3.64. The van der Waals surface area contributed by atoms with Gasteiger partial charge >= 0.3 is 12.1 Å². The summed E-state index contributed by atoms with van der Waals surface area (Å²) in [6.45, 7) is 14.9. The summed E-state index contributed by atoms with van der Waals surface area (Å²) in [5.74, 6) is -5.23. The van der Waals surface area contributed by atoms with Gasteiger partial charge in [-0.2, -0.15) is 0 Å². The lowest BCUT2D eigenvalue weighted by atomic mass is 9.92. The number of esters is 1. The zero-order valence-electron chi connectivity index (χ0n) is 29.2. The number of amides is 4. The fraction of sp³-hybridized carbons (Fsp3) is 0.667. The van der Waals surface area contributed by atoms with Crippen molar-refractivity contribution in [3.63, 3.8) is 0 Å². The molecule has 45 heavy (non-hydrogen) atoms. The maximum atomic E-state index is 14.3. The molecule has 0 saturated carbocycles. The van der Waals surface area contributed by atoms with Crippen LogP contribution in [-0.2, 0) is 35.3 Å². The topological polar surface area (TPSA) is 177 Å². The molecule has 1 aromatic rings. The van der Waals surface area contributed by atoms with Crippen molar-refractivity contribution in [2.24, 2.45) is 23.5 Å². The molecule has 12 heteroatoms. The highest BCUT2D eigenvalue weighted by Gasteiger charge is 2.46. The largest absolute Gasteiger partial charge is 0.459 e. The van der Waals surface area contributed by atoms with Crippen LogP contribution in [0.5, 0.6) is 0 Å². The quantitative estimate of drug-likeness (QED) is 0.211. The van der Waals surface area contributed by atoms with E-state index in [0.717, 1.165) is 5.56 Å². The predicted molar refractivity (Wildman–Crippen MR) is 170 cm³/mol. The van der Waals surface area contributed by atoms with Crippen molar-refractivity contribution in [1.82, 2.24) is 15.5 Å². The molecular weight excluding hydrogens is 580 g/mol. The Balaban J connectivity index is 3.59. The third kappa shape index (κ3) is 12.4. The Bertz CT molecular complexity index is 1160. The number of ether oxygens (including phenoxy) is 2. The Kier molecular flexibility index (Phi) is 14.9. The number of benzene rings is 1. The number of nitrogens with one attached hydrogen (secondary N) is 2. The van der Waals surface area contributed by atoms with Gasteiger partial charge in [-0.05, 0) is 50.5 Å². The van der Waals surface area contributed by atoms with Gasteiger partial charge in [-0.1, -0.05) is 85.2 Å². The first kappa shape index (κ1) is 37.7. The number of carbonyl (C=O) groups excluding carboxylic acids is 5. The SMILES string of the molecule is [2H]CCCC(O)C(=O)N(C(=O)[C@@H](NC(=O)OC(C)(C)C)C(C)C)[C@@H](C(=O)N[C@H](C(=O)OCc1ccccc1)C(C)C)[C@@H](N)C(C)C. The third-order valence-corrected chi connectivity index (χ3v) is 6.97. The van der Waals surface area contributed by atoms with Crippen molar-refractivity contribution >= 4 is 29.8 Å². The van der Waals surface area contributed by atoms with Gasteiger partial charge in [0.05, 0.1) is 0 Å². The monoisotopic (exact) mass is 635 g/mol. The number of aliphatic hydroxyl groups excluding tert-OH is 1. The highest BCUT2D eigenvalue weighted by molar-refractivity contribution is 6.05. The van der Waals surface area contributed by atoms with Crippen molar-refractivity contribution in [3.05, 3.63) is 35.9 Å². The van der Waals surface area contributed by atoms with Crippen LogP contribution < -0.4 is 16.4 Å². The molecule has 0 aliphatic rings. The predicted octanol–water partition coefficient (Wildman–Crippen LogP) is 3.29. The number of aliphatic hydroxyl groups is 1. The summed E-state index contributed by atoms with van der Waals surface area (Å²) in [5, 5.41) is 16.0. The molecule has 5 N–H and O–H groups in total. The third-order valence-electron chi connectivity index (χ3n) is 6.97. The van der Waals surface area contributed by atoms with Crippen LogP contribution in [0.4, 0.5) is 4.79 Å². The summed E-state index contributed by atoms with van der Waals surface area (Å²) >= 11 is 0. The fourth-order valence-electron chi connectivity index (χ4n) is 4.34. The number of rotatable bonds is 15. The van der Waals surface area contributed by atoms with E-state index in [4.69, 9.17) is 16.6 Å². The van der Waals surface area contributed by atoms with E-state index < -0.39 is 83.4 Å². The van der Waals surface area contributed by atoms with Gasteiger partial charge in [0.15, 0.2) is 0 Å². The van der Waals surface area contributed by atoms with Crippen LogP contribution in [0.1, 0.15) is 89.0 Å². The van der Waals surface area contributed by atoms with E-state index in [9.17, 15) is 29.1 Å². The standard InChI is InChI=1S/C33H54N4O8/c1-11-15-23(38)29(40)37(30(41)25(20(4)5)36-32(43)45-33(8,9)10)27(24(34)19(2)3)28(39)35-26(21(6)7)31(42)44-18-22-16-13-12-14-17-22/h12-14,16-17,19-21,23-27,38H,11,15,18,34H2,1-10H3,(H,35,39)(H,36,43)/t23?,24-,25-,26-,27+/m0/s1/i1D. The second kappa shape index (κ2) is 17.8. The number of hydrogen-bond acceptors (Lipinski definition) is 9. The number of imide groups is 1. The van der Waals surface area contributed by atoms with Crippen LogP contribution in [-0.4, -0.2) is 75.7 Å². The zero-order chi connectivity index (χ0) is 35.4. The van der Waals surface area contributed by atoms with E-state index in [1.54, 1.807) is 86.6 Å². The molecule has 0 spiro atoms. The molecule has 0 radical (unpaired) electrons. The van der Waals surface area contributed by atoms with Crippen molar-refractivity contribution in [2.75, 3.05) is 0 Å². The van der Waals surface area contributed by atoms with Gasteiger partial charge in [0.1, 0.15) is 36.4 Å². The molecule has 0 aliphatic carbocycles. The first-order chi connectivity index (χ1) is 21.3. The Labute approximate surface area is 269 Å². The number of hydrogen-bond donors (Lipinski definition) is 4. The van der Waals surface area contributed by atoms with Crippen LogP contribution in [0.25, 0.3) is 0 Å². The summed E-state index contributed by atoms with van der Waals surface area (Å²) in [6.07, 6.45) is -2.66. The smallest absolute Gasteiger partial charge is 0.408 e. The van der Waals surface area contributed by atoms with Crippen molar-refractivity contribution in [3.8, 4) is 0 Å². The lowest BCUT2D eigenvalue weighted by Crippen LogP contribution is -2.67. The van der Waals surface area contributed by atoms with E-state index in [0.29, 0.717) is 4.90 Å². The van der Waals surface area contributed by atoms with Gasteiger partial charge in [0.25, 0.3) is 11.8 Å². The van der Waals surface area contributed by atoms with E-state index in [2.05, 4.69) is 10.6 Å². The van der Waals surface area contributed by atoms with Crippen LogP contribution in [0, 0.1) is 17.8 Å². The van der Waals surface area contributed by atoms with Gasteiger partial charge in [-0.15, -0.1) is 0 Å². The molecule has 0 heterocycles. The van der Waals surface area contributed by atoms with Crippen LogP contribution >= 0.6 is 0 Å². The molecule has 254 valence electrons. The van der Waals surface area contributed by atoms with Crippen LogP contribution in [0.15, 0.2) is 30.3 Å². The van der Waals surface area contributed by atoms with Gasteiger partial charge in [0.2, 0.25) is 5.91 Å². The molecule has 4 amide bonds. The second-order valence-corrected chi connectivity index (χ2v) is 13.2. The molecular formula is C33H54N4O8. The number of carbonyl (C=O) groups is 5. The van der Waals surface area contributed by atoms with Gasteiger partial charge in [-0.25, -0.2) is 9.59 Å². The Morgan fingerprint density at radius 2 is 1.49 bits per heavy atom. The molecule has 0 aromatic heterocycles. The van der Waals surface area contributed by atoms with Gasteiger partial charge in [-0.3, -0.25) is 19.3 Å². The van der Waals surface area contributed by atoms with Crippen LogP contribution in [0.3, 0.4) is 0 Å². The molecule has 1 rings (SSSR count). The van der Waals surface area contributed by atoms with Gasteiger partial charge < -0.3 is 30.9 Å². The summed E-state index contributed by atoms with van der Waals surface area (Å²) in [5.41, 5.74) is 6.37. The minimum Gasteiger partial charge on any atom is -0.459 e. The molecule has 0 fully saturated rings. The number of nitrogens with two attached hydrogens (primary N) is 1. The molecule has 0 aliphatic heterocycles. The minimum atomic E-state index is -1.74. The van der Waals surface area contributed by atoms with Crippen molar-refractivity contribution in [2.45, 2.75) is 125 Å². The number of nitrogens with zero attached hydrogens (tertiary/aromatic N) is 1. The molecule has 0 bridgehead atoms. The van der Waals surface area contributed by atoms with Gasteiger partial charge in [0, 0.05) is 7.41 Å². The maximum Gasteiger partial charge on any atom is 0.408 e. The van der Waals surface area contributed by atoms with E-state index in [-0.39, 0.29) is 26.3 Å². The Morgan fingerprint density at radius 3 is 1.98 bits per heavy atom. The lowest BCUT2D eigenvalue weighted by molar-refractivity contribution is -0.160. The summed E-state index contributed by atoms with van der Waals surface area (Å²) in [7, 11) is 0. The normalized spacial score (nSPS) is 15.4. The molecule has 12 nitrogen and oxygen atoms in total. The summed E-state index contributed by atoms with van der Waals surface area (Å²) in [4.78, 5) is 68.7. The average molecular weight is 636 g/mol. The van der Waals surface area contributed by atoms with Crippen molar-refractivity contribution < 1.29 is 39.9 Å². The maximum absolute atomic E-state index is 14.3. The highest BCUT2D eigenvalue weighted by Crippen LogP contribution is 2.20. The van der Waals surface area contributed by atoms with E-state index in [1.165, 1.54) is 0 Å².